The Morgan fingerprint density at radius 2 is 1.83 bits per heavy atom. The second-order valence-electron chi connectivity index (χ2n) is 4.67. The van der Waals surface area contributed by atoms with Gasteiger partial charge in [-0.2, -0.15) is 0 Å². The van der Waals surface area contributed by atoms with Crippen LogP contribution in [0.25, 0.3) is 10.9 Å². The van der Waals surface area contributed by atoms with Crippen LogP contribution in [0.4, 0.5) is 14.5 Å². The number of aromatic nitrogens is 2. The minimum absolute atomic E-state index is 0.250. The molecule has 0 saturated heterocycles. The average molecular weight is 317 g/mol. The highest BCUT2D eigenvalue weighted by atomic mass is 19.1. The molecular weight excluding hydrogens is 304 g/mol. The summed E-state index contributed by atoms with van der Waals surface area (Å²) in [5.74, 6) is -1.45. The molecular formula is C16H13F2N3O2. The van der Waals surface area contributed by atoms with Crippen LogP contribution >= 0.6 is 0 Å². The van der Waals surface area contributed by atoms with Crippen molar-refractivity contribution in [3.05, 3.63) is 48.3 Å². The van der Waals surface area contributed by atoms with Crippen LogP contribution in [-0.4, -0.2) is 24.1 Å². The van der Waals surface area contributed by atoms with Crippen LogP contribution in [0, 0.1) is 11.6 Å². The molecule has 0 aliphatic carbocycles. The van der Waals surface area contributed by atoms with E-state index in [9.17, 15) is 8.78 Å². The lowest BCUT2D eigenvalue weighted by atomic mass is 10.2. The Kier molecular flexibility index (Phi) is 3.92. The van der Waals surface area contributed by atoms with Crippen LogP contribution in [0.15, 0.2) is 36.7 Å². The van der Waals surface area contributed by atoms with E-state index in [1.165, 1.54) is 25.6 Å². The molecule has 23 heavy (non-hydrogen) atoms. The molecule has 0 atom stereocenters. The molecule has 1 N–H and O–H groups in total. The van der Waals surface area contributed by atoms with E-state index in [2.05, 4.69) is 15.3 Å². The van der Waals surface area contributed by atoms with Crippen molar-refractivity contribution < 1.29 is 18.3 Å². The Labute approximate surface area is 130 Å². The Morgan fingerprint density at radius 1 is 1.09 bits per heavy atom. The number of benzene rings is 1. The Morgan fingerprint density at radius 3 is 2.48 bits per heavy atom. The fraction of sp³-hybridized carbons (Fsp3) is 0.125. The van der Waals surface area contributed by atoms with Crippen LogP contribution in [0.2, 0.25) is 0 Å². The molecule has 0 aliphatic rings. The largest absolute Gasteiger partial charge is 0.481 e. The summed E-state index contributed by atoms with van der Waals surface area (Å²) in [6, 6.07) is 5.44. The molecule has 7 heteroatoms. The van der Waals surface area contributed by atoms with Gasteiger partial charge in [0, 0.05) is 43.3 Å². The first kappa shape index (κ1) is 15.0. The Balaban J connectivity index is 2.05. The summed E-state index contributed by atoms with van der Waals surface area (Å²) in [5, 5.41) is 3.19. The summed E-state index contributed by atoms with van der Waals surface area (Å²) in [5.41, 5.74) is 0.861. The maximum Gasteiger partial charge on any atom is 0.215 e. The van der Waals surface area contributed by atoms with Crippen molar-refractivity contribution in [3.63, 3.8) is 0 Å². The minimum Gasteiger partial charge on any atom is -0.481 e. The van der Waals surface area contributed by atoms with Gasteiger partial charge < -0.3 is 14.8 Å². The van der Waals surface area contributed by atoms with Crippen molar-refractivity contribution in [1.29, 1.82) is 0 Å². The van der Waals surface area contributed by atoms with Gasteiger partial charge in [-0.05, 0) is 6.07 Å². The van der Waals surface area contributed by atoms with Gasteiger partial charge in [0.1, 0.15) is 5.75 Å². The van der Waals surface area contributed by atoms with Crippen LogP contribution in [0.5, 0.6) is 17.4 Å². The maximum absolute atomic E-state index is 14.0. The molecule has 3 aromatic rings. The quantitative estimate of drug-likeness (QED) is 0.794. The molecule has 118 valence electrons. The van der Waals surface area contributed by atoms with Gasteiger partial charge in [-0.25, -0.2) is 13.8 Å². The molecule has 0 aliphatic heterocycles. The van der Waals surface area contributed by atoms with E-state index in [4.69, 9.17) is 9.47 Å². The topological polar surface area (TPSA) is 56.3 Å². The van der Waals surface area contributed by atoms with Gasteiger partial charge in [-0.15, -0.1) is 0 Å². The van der Waals surface area contributed by atoms with Gasteiger partial charge in [-0.1, -0.05) is 0 Å². The van der Waals surface area contributed by atoms with E-state index in [0.29, 0.717) is 22.5 Å². The lowest BCUT2D eigenvalue weighted by molar-refractivity contribution is 0.398. The normalized spacial score (nSPS) is 10.6. The highest BCUT2D eigenvalue weighted by Gasteiger charge is 2.15. The molecule has 0 unspecified atom stereocenters. The molecule has 1 aromatic carbocycles. The standard InChI is InChI=1S/C16H13F2N3O2/c1-19-9-5-11(17)16(12(18)6-9)23-14-3-4-20-13-7-15(22-2)21-8-10(13)14/h3-8,19H,1-2H3. The molecule has 0 spiro atoms. The number of ether oxygens (including phenoxy) is 2. The number of pyridine rings is 2. The van der Waals surface area contributed by atoms with Crippen LogP contribution < -0.4 is 14.8 Å². The molecule has 0 radical (unpaired) electrons. The summed E-state index contributed by atoms with van der Waals surface area (Å²) in [4.78, 5) is 8.23. The number of hydrogen-bond acceptors (Lipinski definition) is 5. The molecule has 0 saturated carbocycles. The van der Waals surface area contributed by atoms with Crippen LogP contribution in [-0.2, 0) is 0 Å². The highest BCUT2D eigenvalue weighted by molar-refractivity contribution is 5.85. The van der Waals surface area contributed by atoms with Crippen LogP contribution in [0.3, 0.4) is 0 Å². The first-order valence-electron chi connectivity index (χ1n) is 6.75. The summed E-state index contributed by atoms with van der Waals surface area (Å²) in [6.07, 6.45) is 2.96. The third-order valence-electron chi connectivity index (χ3n) is 3.27. The van der Waals surface area contributed by atoms with Crippen molar-refractivity contribution in [2.45, 2.75) is 0 Å². The summed E-state index contributed by atoms with van der Waals surface area (Å²) >= 11 is 0. The molecule has 3 rings (SSSR count). The van der Waals surface area contributed by atoms with Crippen LogP contribution in [0.1, 0.15) is 0 Å². The molecule has 0 bridgehead atoms. The van der Waals surface area contributed by atoms with Gasteiger partial charge >= 0.3 is 0 Å². The van der Waals surface area contributed by atoms with Gasteiger partial charge in [-0.3, -0.25) is 4.98 Å². The molecule has 0 amide bonds. The number of methoxy groups -OCH3 is 1. The number of rotatable bonds is 4. The number of hydrogen-bond donors (Lipinski definition) is 1. The Bertz CT molecular complexity index is 848. The highest BCUT2D eigenvalue weighted by Crippen LogP contribution is 2.33. The van der Waals surface area contributed by atoms with E-state index < -0.39 is 17.4 Å². The molecule has 2 heterocycles. The SMILES string of the molecule is CNc1cc(F)c(Oc2ccnc3cc(OC)ncc23)c(F)c1. The Hall–Kier alpha value is -2.96. The zero-order valence-electron chi connectivity index (χ0n) is 12.4. The molecule has 0 fully saturated rings. The third kappa shape index (κ3) is 2.85. The summed E-state index contributed by atoms with van der Waals surface area (Å²) in [7, 11) is 3.06. The second kappa shape index (κ2) is 6.04. The molecule has 2 aromatic heterocycles. The van der Waals surface area contributed by atoms with E-state index >= 15 is 0 Å². The zero-order valence-corrected chi connectivity index (χ0v) is 12.4. The van der Waals surface area contributed by atoms with E-state index in [0.717, 1.165) is 12.1 Å². The van der Waals surface area contributed by atoms with Crippen molar-refractivity contribution in [3.8, 4) is 17.4 Å². The van der Waals surface area contributed by atoms with Gasteiger partial charge in [0.25, 0.3) is 0 Å². The predicted molar refractivity (Wildman–Crippen MR) is 82.1 cm³/mol. The first-order chi connectivity index (χ1) is 11.1. The second-order valence-corrected chi connectivity index (χ2v) is 4.67. The smallest absolute Gasteiger partial charge is 0.215 e. The zero-order chi connectivity index (χ0) is 16.4. The maximum atomic E-state index is 14.0. The van der Waals surface area contributed by atoms with Crippen molar-refractivity contribution in [1.82, 2.24) is 9.97 Å². The van der Waals surface area contributed by atoms with Gasteiger partial charge in [0.2, 0.25) is 5.88 Å². The van der Waals surface area contributed by atoms with E-state index in [1.54, 1.807) is 13.1 Å². The average Bonchev–Trinajstić information content (AvgIpc) is 2.57. The summed E-state index contributed by atoms with van der Waals surface area (Å²) < 4.78 is 38.5. The number of nitrogens with zero attached hydrogens (tertiary/aromatic N) is 2. The fourth-order valence-electron chi connectivity index (χ4n) is 2.11. The number of nitrogens with one attached hydrogen (secondary N) is 1. The fourth-order valence-corrected chi connectivity index (χ4v) is 2.11. The first-order valence-corrected chi connectivity index (χ1v) is 6.75. The van der Waals surface area contributed by atoms with E-state index in [1.807, 2.05) is 0 Å². The predicted octanol–water partition coefficient (Wildman–Crippen LogP) is 3.75. The lowest BCUT2D eigenvalue weighted by Crippen LogP contribution is -1.97. The van der Waals surface area contributed by atoms with Crippen molar-refractivity contribution in [2.75, 3.05) is 19.5 Å². The molecule has 5 nitrogen and oxygen atoms in total. The van der Waals surface area contributed by atoms with Gasteiger partial charge in [0.05, 0.1) is 18.0 Å². The van der Waals surface area contributed by atoms with E-state index in [-0.39, 0.29) is 5.75 Å². The lowest BCUT2D eigenvalue weighted by Gasteiger charge is -2.11. The monoisotopic (exact) mass is 317 g/mol. The third-order valence-corrected chi connectivity index (χ3v) is 3.27. The number of fused-ring (bicyclic) bond motifs is 1. The number of halogens is 2. The van der Waals surface area contributed by atoms with Crippen molar-refractivity contribution >= 4 is 16.6 Å². The van der Waals surface area contributed by atoms with Gasteiger partial charge in [0.15, 0.2) is 17.4 Å². The minimum atomic E-state index is -0.805. The number of anilines is 1. The summed E-state index contributed by atoms with van der Waals surface area (Å²) in [6.45, 7) is 0. The van der Waals surface area contributed by atoms with Crippen molar-refractivity contribution in [2.24, 2.45) is 0 Å².